The van der Waals surface area contributed by atoms with Gasteiger partial charge in [0.25, 0.3) is 5.91 Å². The van der Waals surface area contributed by atoms with Crippen LogP contribution < -0.4 is 15.1 Å². The first kappa shape index (κ1) is 16.9. The van der Waals surface area contributed by atoms with Crippen LogP contribution >= 0.6 is 0 Å². The molecule has 1 amide bonds. The van der Waals surface area contributed by atoms with E-state index >= 15 is 0 Å². The Morgan fingerprint density at radius 3 is 3.00 bits per heavy atom. The van der Waals surface area contributed by atoms with Crippen LogP contribution in [0.3, 0.4) is 0 Å². The van der Waals surface area contributed by atoms with Crippen LogP contribution in [0.4, 0.5) is 5.95 Å². The normalized spacial score (nSPS) is 14.7. The third-order valence-corrected chi connectivity index (χ3v) is 3.73. The molecule has 1 aliphatic rings. The second kappa shape index (κ2) is 8.27. The number of aryl methyl sites for hydroxylation is 1. The number of carbonyl (C=O) groups is 1. The number of hydrazone groups is 1. The molecule has 3 rings (SSSR count). The fourth-order valence-electron chi connectivity index (χ4n) is 2.54. The summed E-state index contributed by atoms with van der Waals surface area (Å²) in [6, 6.07) is 5.19. The summed E-state index contributed by atoms with van der Waals surface area (Å²) < 4.78 is 10.6. The average Bonchev–Trinajstić information content (AvgIpc) is 3.14. The molecule has 2 aromatic rings. The highest BCUT2D eigenvalue weighted by molar-refractivity contribution is 5.81. The van der Waals surface area contributed by atoms with Gasteiger partial charge >= 0.3 is 0 Å². The largest absolute Gasteiger partial charge is 0.467 e. The first-order valence-electron chi connectivity index (χ1n) is 8.29. The van der Waals surface area contributed by atoms with Gasteiger partial charge < -0.3 is 14.1 Å². The number of carbonyl (C=O) groups excluding carboxylic acids is 1. The predicted octanol–water partition coefficient (Wildman–Crippen LogP) is 1.90. The molecule has 8 heteroatoms. The van der Waals surface area contributed by atoms with Crippen LogP contribution in [-0.4, -0.2) is 41.8 Å². The summed E-state index contributed by atoms with van der Waals surface area (Å²) in [6.07, 6.45) is 6.47. The molecular weight excluding hydrogens is 322 g/mol. The number of nitrogens with one attached hydrogen (secondary N) is 1. The van der Waals surface area contributed by atoms with Gasteiger partial charge in [0.05, 0.1) is 12.5 Å². The summed E-state index contributed by atoms with van der Waals surface area (Å²) in [4.78, 5) is 22.8. The lowest BCUT2D eigenvalue weighted by Gasteiger charge is -2.26. The summed E-state index contributed by atoms with van der Waals surface area (Å²) in [7, 11) is 0. The van der Waals surface area contributed by atoms with Crippen LogP contribution in [0.25, 0.3) is 0 Å². The Labute approximate surface area is 145 Å². The Bertz CT molecular complexity index is 724. The molecular formula is C17H21N5O3. The first-order valence-corrected chi connectivity index (χ1v) is 8.29. The third-order valence-electron chi connectivity index (χ3n) is 3.73. The van der Waals surface area contributed by atoms with Gasteiger partial charge in [0, 0.05) is 24.8 Å². The lowest BCUT2D eigenvalue weighted by atomic mass is 10.1. The number of nitrogens with zero attached hydrogens (tertiary/aromatic N) is 4. The van der Waals surface area contributed by atoms with E-state index in [4.69, 9.17) is 9.15 Å². The van der Waals surface area contributed by atoms with Gasteiger partial charge in [0.1, 0.15) is 5.76 Å². The molecule has 1 fully saturated rings. The van der Waals surface area contributed by atoms with E-state index in [0.717, 1.165) is 31.6 Å². The van der Waals surface area contributed by atoms with Gasteiger partial charge in [0.2, 0.25) is 11.8 Å². The quantitative estimate of drug-likeness (QED) is 0.636. The Morgan fingerprint density at radius 1 is 1.40 bits per heavy atom. The van der Waals surface area contributed by atoms with E-state index in [-0.39, 0.29) is 12.5 Å². The third kappa shape index (κ3) is 5.03. The van der Waals surface area contributed by atoms with E-state index in [0.29, 0.717) is 17.6 Å². The molecule has 132 valence electrons. The number of rotatable bonds is 6. The lowest BCUT2D eigenvalue weighted by Crippen LogP contribution is -2.31. The van der Waals surface area contributed by atoms with Crippen molar-refractivity contribution in [3.8, 4) is 5.88 Å². The minimum absolute atomic E-state index is 0.175. The number of anilines is 1. The van der Waals surface area contributed by atoms with Gasteiger partial charge in [-0.3, -0.25) is 4.79 Å². The van der Waals surface area contributed by atoms with Crippen molar-refractivity contribution in [1.82, 2.24) is 15.4 Å². The number of hydrogen-bond acceptors (Lipinski definition) is 7. The molecule has 0 spiro atoms. The summed E-state index contributed by atoms with van der Waals surface area (Å²) in [5.74, 6) is 1.22. The maximum atomic E-state index is 11.8. The number of furan rings is 1. The molecule has 1 N–H and O–H groups in total. The minimum atomic E-state index is -0.376. The zero-order chi connectivity index (χ0) is 17.5. The van der Waals surface area contributed by atoms with Crippen molar-refractivity contribution in [2.75, 3.05) is 24.6 Å². The van der Waals surface area contributed by atoms with E-state index in [1.165, 1.54) is 18.9 Å². The highest BCUT2D eigenvalue weighted by atomic mass is 16.5. The van der Waals surface area contributed by atoms with Gasteiger partial charge in [-0.15, -0.1) is 0 Å². The Balaban J connectivity index is 1.53. The zero-order valence-electron chi connectivity index (χ0n) is 14.1. The van der Waals surface area contributed by atoms with Crippen molar-refractivity contribution in [3.05, 3.63) is 35.9 Å². The first-order chi connectivity index (χ1) is 12.2. The molecule has 0 saturated carbocycles. The van der Waals surface area contributed by atoms with Gasteiger partial charge in [-0.1, -0.05) is 0 Å². The van der Waals surface area contributed by atoms with Crippen LogP contribution in [0.2, 0.25) is 0 Å². The molecule has 0 bridgehead atoms. The average molecular weight is 343 g/mol. The molecule has 3 heterocycles. The topological polar surface area (TPSA) is 92.8 Å². The van der Waals surface area contributed by atoms with Crippen LogP contribution in [-0.2, 0) is 4.79 Å². The monoisotopic (exact) mass is 343 g/mol. The summed E-state index contributed by atoms with van der Waals surface area (Å²) in [5.41, 5.74) is 3.18. The van der Waals surface area contributed by atoms with Crippen LogP contribution in [0, 0.1) is 6.92 Å². The number of aromatic nitrogens is 2. The highest BCUT2D eigenvalue weighted by Crippen LogP contribution is 2.19. The van der Waals surface area contributed by atoms with Crippen LogP contribution in [0.15, 0.2) is 34.0 Å². The SMILES string of the molecule is Cc1cc(OCC(=O)NN=Cc2ccco2)nc(N2CCCCC2)n1. The van der Waals surface area contributed by atoms with Crippen LogP contribution in [0.1, 0.15) is 30.7 Å². The van der Waals surface area contributed by atoms with E-state index in [9.17, 15) is 4.79 Å². The molecule has 1 saturated heterocycles. The van der Waals surface area contributed by atoms with Crippen molar-refractivity contribution >= 4 is 18.1 Å². The zero-order valence-corrected chi connectivity index (χ0v) is 14.1. The Hall–Kier alpha value is -2.90. The number of hydrogen-bond donors (Lipinski definition) is 1. The van der Waals surface area contributed by atoms with E-state index in [1.54, 1.807) is 18.2 Å². The molecule has 0 unspecified atom stereocenters. The van der Waals surface area contributed by atoms with Crippen molar-refractivity contribution in [1.29, 1.82) is 0 Å². The number of amides is 1. The molecule has 25 heavy (non-hydrogen) atoms. The fraction of sp³-hybridized carbons (Fsp3) is 0.412. The number of ether oxygens (including phenoxy) is 1. The number of piperidine rings is 1. The molecule has 1 aliphatic heterocycles. The van der Waals surface area contributed by atoms with Crippen LogP contribution in [0.5, 0.6) is 5.88 Å². The summed E-state index contributed by atoms with van der Waals surface area (Å²) in [6.45, 7) is 3.61. The van der Waals surface area contributed by atoms with Gasteiger partial charge in [0.15, 0.2) is 6.61 Å². The second-order valence-electron chi connectivity index (χ2n) is 5.79. The Kier molecular flexibility index (Phi) is 5.61. The standard InChI is InChI=1S/C17H21N5O3/c1-13-10-16(20-17(19-13)22-7-3-2-4-8-22)25-12-15(23)21-18-11-14-6-5-9-24-14/h5-6,9-11H,2-4,7-8,12H2,1H3,(H,21,23). The predicted molar refractivity (Wildman–Crippen MR) is 92.8 cm³/mol. The van der Waals surface area contributed by atoms with Crippen molar-refractivity contribution in [3.63, 3.8) is 0 Å². The van der Waals surface area contributed by atoms with E-state index in [1.807, 2.05) is 6.92 Å². The molecule has 0 aromatic carbocycles. The lowest BCUT2D eigenvalue weighted by molar-refractivity contribution is -0.123. The Morgan fingerprint density at radius 2 is 2.24 bits per heavy atom. The highest BCUT2D eigenvalue weighted by Gasteiger charge is 2.15. The minimum Gasteiger partial charge on any atom is -0.467 e. The maximum Gasteiger partial charge on any atom is 0.278 e. The smallest absolute Gasteiger partial charge is 0.278 e. The molecule has 0 aliphatic carbocycles. The van der Waals surface area contributed by atoms with E-state index < -0.39 is 0 Å². The summed E-state index contributed by atoms with van der Waals surface area (Å²) >= 11 is 0. The van der Waals surface area contributed by atoms with Crippen molar-refractivity contribution in [2.45, 2.75) is 26.2 Å². The fourth-order valence-corrected chi connectivity index (χ4v) is 2.54. The van der Waals surface area contributed by atoms with Gasteiger partial charge in [-0.25, -0.2) is 10.4 Å². The molecule has 2 aromatic heterocycles. The molecule has 8 nitrogen and oxygen atoms in total. The van der Waals surface area contributed by atoms with Crippen molar-refractivity contribution in [2.24, 2.45) is 5.10 Å². The van der Waals surface area contributed by atoms with Gasteiger partial charge in [-0.05, 0) is 38.3 Å². The van der Waals surface area contributed by atoms with Crippen molar-refractivity contribution < 1.29 is 13.9 Å². The summed E-state index contributed by atoms with van der Waals surface area (Å²) in [5, 5.41) is 3.80. The second-order valence-corrected chi connectivity index (χ2v) is 5.79. The maximum absolute atomic E-state index is 11.8. The molecule has 0 radical (unpaired) electrons. The van der Waals surface area contributed by atoms with Gasteiger partial charge in [-0.2, -0.15) is 10.1 Å². The van der Waals surface area contributed by atoms with E-state index in [2.05, 4.69) is 25.4 Å². The molecule has 0 atom stereocenters.